The smallest absolute Gasteiger partial charge is 0.237 e. The molecule has 4 nitrogen and oxygen atoms in total. The molecule has 0 saturated heterocycles. The van der Waals surface area contributed by atoms with Crippen LogP contribution in [0.5, 0.6) is 5.75 Å². The minimum absolute atomic E-state index is 0.601. The fraction of sp³-hybridized carbons (Fsp3) is 0.222. The summed E-state index contributed by atoms with van der Waals surface area (Å²) in [6.45, 7) is 4.21. The van der Waals surface area contributed by atoms with Crippen LogP contribution in [0.4, 0.5) is 0 Å². The molecule has 1 heterocycles. The molecule has 0 aliphatic rings. The van der Waals surface area contributed by atoms with Crippen LogP contribution in [0.15, 0.2) is 51.9 Å². The topological polar surface area (TPSA) is 48.2 Å². The zero-order chi connectivity index (χ0) is 16.2. The molecule has 23 heavy (non-hydrogen) atoms. The molecule has 2 aromatic carbocycles. The molecule has 0 bridgehead atoms. The largest absolute Gasteiger partial charge is 0.497 e. The number of aryl methyl sites for hydroxylation is 2. The minimum Gasteiger partial charge on any atom is -0.497 e. The number of benzene rings is 2. The lowest BCUT2D eigenvalue weighted by Gasteiger charge is -2.04. The zero-order valence-corrected chi connectivity index (χ0v) is 14.2. The average molecular weight is 326 g/mol. The van der Waals surface area contributed by atoms with Gasteiger partial charge in [-0.2, -0.15) is 4.98 Å². The van der Waals surface area contributed by atoms with Gasteiger partial charge in [0.25, 0.3) is 0 Å². The van der Waals surface area contributed by atoms with Crippen LogP contribution in [0, 0.1) is 13.8 Å². The van der Waals surface area contributed by atoms with E-state index in [1.54, 1.807) is 18.9 Å². The Balaban J connectivity index is 1.69. The molecule has 0 atom stereocenters. The lowest BCUT2D eigenvalue weighted by molar-refractivity contribution is 0.391. The molecule has 0 radical (unpaired) electrons. The first kappa shape index (κ1) is 15.6. The Hall–Kier alpha value is -2.27. The summed E-state index contributed by atoms with van der Waals surface area (Å²) in [7, 11) is 1.64. The van der Waals surface area contributed by atoms with Crippen molar-refractivity contribution in [1.29, 1.82) is 0 Å². The van der Waals surface area contributed by atoms with Crippen molar-refractivity contribution in [1.82, 2.24) is 10.1 Å². The molecule has 5 heteroatoms. The molecule has 118 valence electrons. The molecule has 3 aromatic rings. The molecule has 1 aromatic heterocycles. The number of methoxy groups -OCH3 is 1. The Kier molecular flexibility index (Phi) is 4.67. The standard InChI is InChI=1S/C18H18N2O2S/c1-12-4-9-16(13(2)10-12)23-11-17-19-18(20-22-17)14-5-7-15(21-3)8-6-14/h4-10H,11H2,1-3H3. The van der Waals surface area contributed by atoms with Crippen molar-refractivity contribution in [3.05, 3.63) is 59.5 Å². The van der Waals surface area contributed by atoms with Crippen molar-refractivity contribution < 1.29 is 9.26 Å². The highest BCUT2D eigenvalue weighted by Crippen LogP contribution is 2.27. The van der Waals surface area contributed by atoms with Crippen LogP contribution in [0.3, 0.4) is 0 Å². The molecule has 0 fully saturated rings. The number of rotatable bonds is 5. The van der Waals surface area contributed by atoms with Crippen LogP contribution in [-0.2, 0) is 5.75 Å². The van der Waals surface area contributed by atoms with Crippen molar-refractivity contribution in [3.8, 4) is 17.1 Å². The minimum atomic E-state index is 0.601. The second-order valence-electron chi connectivity index (χ2n) is 5.30. The highest BCUT2D eigenvalue weighted by molar-refractivity contribution is 7.98. The maximum Gasteiger partial charge on any atom is 0.237 e. The first-order chi connectivity index (χ1) is 11.2. The zero-order valence-electron chi connectivity index (χ0n) is 13.4. The predicted molar refractivity (Wildman–Crippen MR) is 91.8 cm³/mol. The van der Waals surface area contributed by atoms with E-state index < -0.39 is 0 Å². The van der Waals surface area contributed by atoms with Crippen LogP contribution in [0.1, 0.15) is 17.0 Å². The van der Waals surface area contributed by atoms with Crippen molar-refractivity contribution in [2.24, 2.45) is 0 Å². The summed E-state index contributed by atoms with van der Waals surface area (Å²) in [5, 5.41) is 4.05. The summed E-state index contributed by atoms with van der Waals surface area (Å²) in [5.41, 5.74) is 3.45. The van der Waals surface area contributed by atoms with Crippen LogP contribution in [0.2, 0.25) is 0 Å². The quantitative estimate of drug-likeness (QED) is 0.638. The van der Waals surface area contributed by atoms with Gasteiger partial charge in [-0.1, -0.05) is 22.9 Å². The van der Waals surface area contributed by atoms with Gasteiger partial charge in [0.15, 0.2) is 0 Å². The summed E-state index contributed by atoms with van der Waals surface area (Å²) >= 11 is 1.71. The molecule has 3 rings (SSSR count). The van der Waals surface area contributed by atoms with E-state index in [0.29, 0.717) is 17.5 Å². The van der Waals surface area contributed by atoms with Crippen LogP contribution < -0.4 is 4.74 Å². The monoisotopic (exact) mass is 326 g/mol. The van der Waals surface area contributed by atoms with E-state index in [1.807, 2.05) is 24.3 Å². The van der Waals surface area contributed by atoms with Crippen molar-refractivity contribution in [2.45, 2.75) is 24.5 Å². The van der Waals surface area contributed by atoms with E-state index in [-0.39, 0.29) is 0 Å². The number of nitrogens with zero attached hydrogens (tertiary/aromatic N) is 2. The van der Waals surface area contributed by atoms with E-state index in [1.165, 1.54) is 16.0 Å². The van der Waals surface area contributed by atoms with Gasteiger partial charge in [-0.15, -0.1) is 11.8 Å². The summed E-state index contributed by atoms with van der Waals surface area (Å²) in [4.78, 5) is 5.69. The molecule has 0 aliphatic heterocycles. The Bertz CT molecular complexity index is 797. The van der Waals surface area contributed by atoms with E-state index in [4.69, 9.17) is 9.26 Å². The molecule has 0 spiro atoms. The van der Waals surface area contributed by atoms with E-state index in [0.717, 1.165) is 11.3 Å². The maximum absolute atomic E-state index is 5.35. The summed E-state index contributed by atoms with van der Waals surface area (Å²) in [6.07, 6.45) is 0. The molecule has 0 amide bonds. The van der Waals surface area contributed by atoms with Gasteiger partial charge in [0.2, 0.25) is 11.7 Å². The third kappa shape index (κ3) is 3.74. The van der Waals surface area contributed by atoms with Crippen LogP contribution >= 0.6 is 11.8 Å². The van der Waals surface area contributed by atoms with E-state index in [9.17, 15) is 0 Å². The predicted octanol–water partition coefficient (Wildman–Crippen LogP) is 4.65. The SMILES string of the molecule is COc1ccc(-c2noc(CSc3ccc(C)cc3C)n2)cc1. The normalized spacial score (nSPS) is 10.7. The highest BCUT2D eigenvalue weighted by atomic mass is 32.2. The van der Waals surface area contributed by atoms with Crippen molar-refractivity contribution >= 4 is 11.8 Å². The lowest BCUT2D eigenvalue weighted by atomic mass is 10.2. The lowest BCUT2D eigenvalue weighted by Crippen LogP contribution is -1.86. The van der Waals surface area contributed by atoms with Gasteiger partial charge in [-0.25, -0.2) is 0 Å². The van der Waals surface area contributed by atoms with Gasteiger partial charge in [-0.3, -0.25) is 0 Å². The Morgan fingerprint density at radius 3 is 2.57 bits per heavy atom. The maximum atomic E-state index is 5.35. The number of thioether (sulfide) groups is 1. The van der Waals surface area contributed by atoms with Gasteiger partial charge in [-0.05, 0) is 49.7 Å². The Labute approximate surface area is 139 Å². The number of hydrogen-bond donors (Lipinski definition) is 0. The van der Waals surface area contributed by atoms with Gasteiger partial charge < -0.3 is 9.26 Å². The van der Waals surface area contributed by atoms with Gasteiger partial charge >= 0.3 is 0 Å². The number of ether oxygens (including phenoxy) is 1. The van der Waals surface area contributed by atoms with Gasteiger partial charge in [0.05, 0.1) is 12.9 Å². The summed E-state index contributed by atoms with van der Waals surface area (Å²) in [6, 6.07) is 14.0. The fourth-order valence-electron chi connectivity index (χ4n) is 2.27. The molecule has 0 saturated carbocycles. The summed E-state index contributed by atoms with van der Waals surface area (Å²) < 4.78 is 10.5. The third-order valence-electron chi connectivity index (χ3n) is 3.50. The number of aromatic nitrogens is 2. The van der Waals surface area contributed by atoms with Crippen LogP contribution in [-0.4, -0.2) is 17.3 Å². The molecular formula is C18H18N2O2S. The Morgan fingerprint density at radius 1 is 1.09 bits per heavy atom. The van der Waals surface area contributed by atoms with Crippen molar-refractivity contribution in [2.75, 3.05) is 7.11 Å². The van der Waals surface area contributed by atoms with Gasteiger partial charge in [0.1, 0.15) is 5.75 Å². The van der Waals surface area contributed by atoms with E-state index >= 15 is 0 Å². The first-order valence-electron chi connectivity index (χ1n) is 7.33. The van der Waals surface area contributed by atoms with Crippen LogP contribution in [0.25, 0.3) is 11.4 Å². The highest BCUT2D eigenvalue weighted by Gasteiger charge is 2.10. The second kappa shape index (κ2) is 6.87. The first-order valence-corrected chi connectivity index (χ1v) is 8.31. The fourth-order valence-corrected chi connectivity index (χ4v) is 3.12. The molecule has 0 unspecified atom stereocenters. The number of hydrogen-bond acceptors (Lipinski definition) is 5. The average Bonchev–Trinajstić information content (AvgIpc) is 3.03. The molecular weight excluding hydrogens is 308 g/mol. The molecule has 0 N–H and O–H groups in total. The van der Waals surface area contributed by atoms with Gasteiger partial charge in [0, 0.05) is 10.5 Å². The second-order valence-corrected chi connectivity index (χ2v) is 6.32. The Morgan fingerprint density at radius 2 is 1.87 bits per heavy atom. The third-order valence-corrected chi connectivity index (χ3v) is 4.66. The van der Waals surface area contributed by atoms with Crippen molar-refractivity contribution in [3.63, 3.8) is 0 Å². The summed E-state index contributed by atoms with van der Waals surface area (Å²) in [5.74, 6) is 2.69. The molecule has 0 aliphatic carbocycles. The van der Waals surface area contributed by atoms with E-state index in [2.05, 4.69) is 42.2 Å².